The molecule has 3 heteroatoms. The van der Waals surface area contributed by atoms with Crippen LogP contribution in [0.2, 0.25) is 0 Å². The lowest BCUT2D eigenvalue weighted by molar-refractivity contribution is 1.18. The number of benzene rings is 6. The Morgan fingerprint density at radius 1 is 0.535 bits per heavy atom. The highest BCUT2D eigenvalue weighted by atomic mass is 15.0. The second-order valence-electron chi connectivity index (χ2n) is 10.8. The van der Waals surface area contributed by atoms with Gasteiger partial charge in [-0.05, 0) is 41.5 Å². The van der Waals surface area contributed by atoms with Crippen molar-refractivity contribution in [3.63, 3.8) is 0 Å². The third-order valence-electron chi connectivity index (χ3n) is 8.28. The molecule has 0 aliphatic heterocycles. The van der Waals surface area contributed by atoms with Gasteiger partial charge < -0.3 is 4.57 Å². The van der Waals surface area contributed by atoms with E-state index in [0.29, 0.717) is 5.71 Å². The van der Waals surface area contributed by atoms with Crippen molar-refractivity contribution in [2.75, 3.05) is 0 Å². The Morgan fingerprint density at radius 3 is 1.98 bits per heavy atom. The average molecular weight is 550 g/mol. The zero-order chi connectivity index (χ0) is 28.8. The van der Waals surface area contributed by atoms with E-state index in [0.717, 1.165) is 50.0 Å². The van der Waals surface area contributed by atoms with E-state index >= 15 is 0 Å². The SMILES string of the molecule is N=C(c1ccccc1)c1ccccc1-c1cnc2c(-c3cccc(-n4c5ccccc5c5ccccc54)c3)cccc2c1. The molecule has 0 saturated carbocycles. The van der Waals surface area contributed by atoms with Crippen molar-refractivity contribution in [3.8, 4) is 27.9 Å². The van der Waals surface area contributed by atoms with Crippen LogP contribution in [0.1, 0.15) is 11.1 Å². The normalized spacial score (nSPS) is 11.3. The number of pyridine rings is 1. The monoisotopic (exact) mass is 549 g/mol. The lowest BCUT2D eigenvalue weighted by Crippen LogP contribution is -2.03. The highest BCUT2D eigenvalue weighted by Gasteiger charge is 2.15. The third kappa shape index (κ3) is 4.22. The van der Waals surface area contributed by atoms with Gasteiger partial charge in [-0.2, -0.15) is 0 Å². The van der Waals surface area contributed by atoms with Crippen molar-refractivity contribution < 1.29 is 0 Å². The van der Waals surface area contributed by atoms with Crippen LogP contribution in [0.25, 0.3) is 60.6 Å². The number of fused-ring (bicyclic) bond motifs is 4. The van der Waals surface area contributed by atoms with Gasteiger partial charge >= 0.3 is 0 Å². The zero-order valence-electron chi connectivity index (χ0n) is 23.4. The molecule has 0 spiro atoms. The minimum atomic E-state index is 0.506. The number of nitrogens with one attached hydrogen (secondary N) is 1. The number of para-hydroxylation sites is 3. The van der Waals surface area contributed by atoms with Crippen LogP contribution < -0.4 is 0 Å². The fourth-order valence-electron chi connectivity index (χ4n) is 6.27. The molecule has 0 amide bonds. The van der Waals surface area contributed by atoms with Crippen LogP contribution in [0.5, 0.6) is 0 Å². The van der Waals surface area contributed by atoms with Crippen LogP contribution in [-0.4, -0.2) is 15.3 Å². The Bertz CT molecular complexity index is 2260. The van der Waals surface area contributed by atoms with Crippen molar-refractivity contribution in [2.24, 2.45) is 0 Å². The summed E-state index contributed by atoms with van der Waals surface area (Å²) < 4.78 is 2.35. The van der Waals surface area contributed by atoms with Crippen molar-refractivity contribution in [1.29, 1.82) is 5.41 Å². The van der Waals surface area contributed by atoms with Crippen LogP contribution in [0.4, 0.5) is 0 Å². The number of hydrogen-bond donors (Lipinski definition) is 1. The zero-order valence-corrected chi connectivity index (χ0v) is 23.4. The summed E-state index contributed by atoms with van der Waals surface area (Å²) in [6, 6.07) is 52.5. The molecule has 43 heavy (non-hydrogen) atoms. The Hall–Kier alpha value is -5.80. The van der Waals surface area contributed by atoms with E-state index in [2.05, 4.69) is 108 Å². The number of nitrogens with zero attached hydrogens (tertiary/aromatic N) is 2. The van der Waals surface area contributed by atoms with Crippen molar-refractivity contribution in [3.05, 3.63) is 169 Å². The molecule has 0 saturated heterocycles. The lowest BCUT2D eigenvalue weighted by Gasteiger charge is -2.14. The van der Waals surface area contributed by atoms with Crippen LogP contribution in [0.15, 0.2) is 158 Å². The summed E-state index contributed by atoms with van der Waals surface area (Å²) in [4.78, 5) is 5.02. The first-order valence-electron chi connectivity index (χ1n) is 14.5. The molecule has 2 aromatic heterocycles. The first kappa shape index (κ1) is 25.0. The van der Waals surface area contributed by atoms with E-state index in [4.69, 9.17) is 10.4 Å². The quantitative estimate of drug-likeness (QED) is 0.213. The Labute approximate surface area is 249 Å². The van der Waals surface area contributed by atoms with Gasteiger partial charge in [0.15, 0.2) is 0 Å². The Kier molecular flexibility index (Phi) is 5.94. The molecule has 8 aromatic rings. The minimum Gasteiger partial charge on any atom is -0.309 e. The maximum atomic E-state index is 8.93. The van der Waals surface area contributed by atoms with Gasteiger partial charge in [-0.25, -0.2) is 0 Å². The van der Waals surface area contributed by atoms with E-state index in [-0.39, 0.29) is 0 Å². The average Bonchev–Trinajstić information content (AvgIpc) is 3.42. The molecule has 0 unspecified atom stereocenters. The Balaban J connectivity index is 1.24. The summed E-state index contributed by atoms with van der Waals surface area (Å²) in [6.07, 6.45) is 1.94. The van der Waals surface area contributed by atoms with Gasteiger partial charge in [0.05, 0.1) is 22.3 Å². The maximum absolute atomic E-state index is 8.93. The molecular formula is C40H27N3. The lowest BCUT2D eigenvalue weighted by atomic mass is 9.93. The van der Waals surface area contributed by atoms with Crippen LogP contribution >= 0.6 is 0 Å². The van der Waals surface area contributed by atoms with E-state index < -0.39 is 0 Å². The fraction of sp³-hybridized carbons (Fsp3) is 0. The van der Waals surface area contributed by atoms with Gasteiger partial charge in [0.1, 0.15) is 0 Å². The number of hydrogen-bond acceptors (Lipinski definition) is 2. The molecule has 6 aromatic carbocycles. The van der Waals surface area contributed by atoms with Gasteiger partial charge in [0, 0.05) is 50.3 Å². The molecule has 0 aliphatic carbocycles. The topological polar surface area (TPSA) is 41.7 Å². The van der Waals surface area contributed by atoms with Gasteiger partial charge in [0.25, 0.3) is 0 Å². The van der Waals surface area contributed by atoms with Gasteiger partial charge in [-0.15, -0.1) is 0 Å². The second-order valence-corrected chi connectivity index (χ2v) is 10.8. The predicted octanol–water partition coefficient (Wildman–Crippen LogP) is 10.1. The molecule has 202 valence electrons. The maximum Gasteiger partial charge on any atom is 0.0780 e. The summed E-state index contributed by atoms with van der Waals surface area (Å²) in [6.45, 7) is 0. The summed E-state index contributed by atoms with van der Waals surface area (Å²) >= 11 is 0. The summed E-state index contributed by atoms with van der Waals surface area (Å²) in [5.41, 5.74) is 11.0. The summed E-state index contributed by atoms with van der Waals surface area (Å²) in [7, 11) is 0. The standard InChI is InChI=1S/C40H27N3/c41-39(27-12-2-1-3-13-27)36-20-5-4-17-32(36)30-24-29-15-11-21-33(40(29)42-26-30)28-14-10-16-31(25-28)43-37-22-8-6-18-34(37)35-19-7-9-23-38(35)43/h1-26,41H. The minimum absolute atomic E-state index is 0.506. The molecule has 0 aliphatic rings. The molecule has 8 rings (SSSR count). The van der Waals surface area contributed by atoms with Crippen LogP contribution in [-0.2, 0) is 0 Å². The fourth-order valence-corrected chi connectivity index (χ4v) is 6.27. The van der Waals surface area contributed by atoms with E-state index in [9.17, 15) is 0 Å². The van der Waals surface area contributed by atoms with E-state index in [1.807, 2.05) is 54.7 Å². The molecule has 0 radical (unpaired) electrons. The molecule has 0 atom stereocenters. The van der Waals surface area contributed by atoms with Crippen molar-refractivity contribution in [1.82, 2.24) is 9.55 Å². The van der Waals surface area contributed by atoms with E-state index in [1.54, 1.807) is 0 Å². The first-order chi connectivity index (χ1) is 21.3. The highest BCUT2D eigenvalue weighted by molar-refractivity contribution is 6.15. The molecule has 1 N–H and O–H groups in total. The molecule has 3 nitrogen and oxygen atoms in total. The summed E-state index contributed by atoms with van der Waals surface area (Å²) in [5.74, 6) is 0. The second kappa shape index (κ2) is 10.2. The van der Waals surface area contributed by atoms with Gasteiger partial charge in [-0.3, -0.25) is 10.4 Å². The molecule has 2 heterocycles. The highest BCUT2D eigenvalue weighted by Crippen LogP contribution is 2.35. The van der Waals surface area contributed by atoms with Crippen molar-refractivity contribution >= 4 is 38.4 Å². The molecule has 0 fully saturated rings. The van der Waals surface area contributed by atoms with Crippen LogP contribution in [0, 0.1) is 5.41 Å². The number of rotatable bonds is 5. The first-order valence-corrected chi connectivity index (χ1v) is 14.5. The number of aromatic nitrogens is 2. The van der Waals surface area contributed by atoms with Gasteiger partial charge in [0.2, 0.25) is 0 Å². The third-order valence-corrected chi connectivity index (χ3v) is 8.28. The smallest absolute Gasteiger partial charge is 0.0780 e. The predicted molar refractivity (Wildman–Crippen MR) is 179 cm³/mol. The molecular weight excluding hydrogens is 522 g/mol. The van der Waals surface area contributed by atoms with Crippen molar-refractivity contribution in [2.45, 2.75) is 0 Å². The summed E-state index contributed by atoms with van der Waals surface area (Å²) in [5, 5.41) is 12.5. The van der Waals surface area contributed by atoms with Crippen LogP contribution in [0.3, 0.4) is 0 Å². The Morgan fingerprint density at radius 2 is 1.19 bits per heavy atom. The van der Waals surface area contributed by atoms with Gasteiger partial charge in [-0.1, -0.05) is 121 Å². The molecule has 0 bridgehead atoms. The largest absolute Gasteiger partial charge is 0.309 e. The van der Waals surface area contributed by atoms with E-state index in [1.165, 1.54) is 21.8 Å².